The van der Waals surface area contributed by atoms with E-state index < -0.39 is 5.60 Å². The number of ether oxygens (including phenoxy) is 2. The Balaban J connectivity index is 2.50. The molecule has 0 amide bonds. The van der Waals surface area contributed by atoms with Gasteiger partial charge in [0.05, 0.1) is 30.5 Å². The lowest BCUT2D eigenvalue weighted by atomic mass is 9.71. The number of hydrogen-bond donors (Lipinski definition) is 1. The summed E-state index contributed by atoms with van der Waals surface area (Å²) in [6.07, 6.45) is 5.39. The van der Waals surface area contributed by atoms with Crippen molar-refractivity contribution in [3.63, 3.8) is 0 Å². The highest BCUT2D eigenvalue weighted by atomic mass is 16.6. The van der Waals surface area contributed by atoms with Gasteiger partial charge in [-0.2, -0.15) is 0 Å². The summed E-state index contributed by atoms with van der Waals surface area (Å²) < 4.78 is 12.1. The van der Waals surface area contributed by atoms with Crippen LogP contribution in [0, 0.1) is 11.3 Å². The lowest BCUT2D eigenvalue weighted by Crippen LogP contribution is -2.42. The zero-order valence-corrected chi connectivity index (χ0v) is 15.2. The van der Waals surface area contributed by atoms with Gasteiger partial charge in [-0.3, -0.25) is 0 Å². The van der Waals surface area contributed by atoms with E-state index in [1.54, 1.807) is 0 Å². The molecule has 0 aromatic rings. The third kappa shape index (κ3) is 6.66. The summed E-state index contributed by atoms with van der Waals surface area (Å²) in [4.78, 5) is 0. The summed E-state index contributed by atoms with van der Waals surface area (Å²) in [6.45, 7) is 15.4. The van der Waals surface area contributed by atoms with E-state index in [1.165, 1.54) is 25.7 Å². The van der Waals surface area contributed by atoms with Crippen molar-refractivity contribution in [3.8, 4) is 0 Å². The van der Waals surface area contributed by atoms with Crippen LogP contribution in [0.4, 0.5) is 0 Å². The topological polar surface area (TPSA) is 38.7 Å². The standard InChI is InChI=1S/C18H36O3/c1-14(15-9-8-10-16(2,3)11-15)21-18(6,7)13-20-17(4,5)12-19/h14-15,19H,8-13H2,1-7H3. The second-order valence-corrected chi connectivity index (χ2v) is 8.81. The van der Waals surface area contributed by atoms with Gasteiger partial charge >= 0.3 is 0 Å². The maximum atomic E-state index is 9.27. The van der Waals surface area contributed by atoms with E-state index in [-0.39, 0.29) is 18.3 Å². The SMILES string of the molecule is CC(OC(C)(C)COC(C)(C)CO)C1CCCC(C)(C)C1. The molecular weight excluding hydrogens is 264 g/mol. The van der Waals surface area contributed by atoms with Crippen LogP contribution in [-0.2, 0) is 9.47 Å². The molecule has 0 heterocycles. The van der Waals surface area contributed by atoms with Crippen molar-refractivity contribution in [2.75, 3.05) is 13.2 Å². The Morgan fingerprint density at radius 3 is 2.33 bits per heavy atom. The van der Waals surface area contributed by atoms with Crippen LogP contribution in [0.5, 0.6) is 0 Å². The molecule has 2 unspecified atom stereocenters. The maximum Gasteiger partial charge on any atom is 0.0863 e. The quantitative estimate of drug-likeness (QED) is 0.767. The zero-order valence-electron chi connectivity index (χ0n) is 15.2. The van der Waals surface area contributed by atoms with Crippen LogP contribution < -0.4 is 0 Å². The molecule has 1 rings (SSSR count). The van der Waals surface area contributed by atoms with Crippen LogP contribution in [0.1, 0.15) is 74.1 Å². The van der Waals surface area contributed by atoms with E-state index in [1.807, 2.05) is 13.8 Å². The molecule has 0 bridgehead atoms. The Morgan fingerprint density at radius 1 is 1.19 bits per heavy atom. The molecule has 3 heteroatoms. The molecule has 0 aliphatic heterocycles. The largest absolute Gasteiger partial charge is 0.393 e. The Bertz CT molecular complexity index is 320. The van der Waals surface area contributed by atoms with Gasteiger partial charge in [0.1, 0.15) is 0 Å². The normalized spacial score (nSPS) is 24.9. The van der Waals surface area contributed by atoms with Crippen molar-refractivity contribution in [1.82, 2.24) is 0 Å². The first-order chi connectivity index (χ1) is 9.46. The third-order valence-corrected chi connectivity index (χ3v) is 4.60. The molecule has 21 heavy (non-hydrogen) atoms. The molecule has 126 valence electrons. The van der Waals surface area contributed by atoms with Gasteiger partial charge in [-0.15, -0.1) is 0 Å². The third-order valence-electron chi connectivity index (χ3n) is 4.60. The van der Waals surface area contributed by atoms with Crippen LogP contribution >= 0.6 is 0 Å². The smallest absolute Gasteiger partial charge is 0.0863 e. The minimum absolute atomic E-state index is 0.0233. The van der Waals surface area contributed by atoms with Gasteiger partial charge in [-0.05, 0) is 65.2 Å². The highest BCUT2D eigenvalue weighted by molar-refractivity contribution is 4.84. The molecular formula is C18H36O3. The van der Waals surface area contributed by atoms with Crippen molar-refractivity contribution >= 4 is 0 Å². The summed E-state index contributed by atoms with van der Waals surface area (Å²) in [5.74, 6) is 0.638. The van der Waals surface area contributed by atoms with E-state index in [0.29, 0.717) is 17.9 Å². The van der Waals surface area contributed by atoms with Crippen molar-refractivity contribution in [2.45, 2.75) is 91.5 Å². The summed E-state index contributed by atoms with van der Waals surface area (Å²) in [5.41, 5.74) is -0.385. The van der Waals surface area contributed by atoms with E-state index in [2.05, 4.69) is 34.6 Å². The summed E-state index contributed by atoms with van der Waals surface area (Å²) in [6, 6.07) is 0. The number of hydrogen-bond acceptors (Lipinski definition) is 3. The average Bonchev–Trinajstić information content (AvgIpc) is 2.35. The molecule has 1 fully saturated rings. The Labute approximate surface area is 131 Å². The molecule has 1 aliphatic rings. The van der Waals surface area contributed by atoms with Gasteiger partial charge in [-0.25, -0.2) is 0 Å². The van der Waals surface area contributed by atoms with Gasteiger partial charge in [0.25, 0.3) is 0 Å². The maximum absolute atomic E-state index is 9.27. The minimum atomic E-state index is -0.503. The van der Waals surface area contributed by atoms with E-state index >= 15 is 0 Å². The van der Waals surface area contributed by atoms with E-state index in [4.69, 9.17) is 9.47 Å². The monoisotopic (exact) mass is 300 g/mol. The van der Waals surface area contributed by atoms with Crippen LogP contribution in [0.2, 0.25) is 0 Å². The van der Waals surface area contributed by atoms with Gasteiger partial charge < -0.3 is 14.6 Å². The molecule has 0 saturated heterocycles. The number of rotatable bonds is 7. The van der Waals surface area contributed by atoms with Crippen LogP contribution in [0.3, 0.4) is 0 Å². The van der Waals surface area contributed by atoms with Crippen LogP contribution in [0.25, 0.3) is 0 Å². The molecule has 3 nitrogen and oxygen atoms in total. The molecule has 0 aromatic heterocycles. The lowest BCUT2D eigenvalue weighted by molar-refractivity contribution is -0.162. The fourth-order valence-corrected chi connectivity index (χ4v) is 3.21. The first kappa shape index (κ1) is 18.9. The number of aliphatic hydroxyl groups excluding tert-OH is 1. The Morgan fingerprint density at radius 2 is 1.81 bits per heavy atom. The minimum Gasteiger partial charge on any atom is -0.393 e. The molecule has 0 radical (unpaired) electrons. The van der Waals surface area contributed by atoms with E-state index in [9.17, 15) is 5.11 Å². The average molecular weight is 300 g/mol. The Kier molecular flexibility index (Phi) is 6.28. The second-order valence-electron chi connectivity index (χ2n) is 8.81. The summed E-state index contributed by atoms with van der Waals surface area (Å²) >= 11 is 0. The van der Waals surface area contributed by atoms with Crippen molar-refractivity contribution in [2.24, 2.45) is 11.3 Å². The molecule has 1 N–H and O–H groups in total. The molecule has 0 spiro atoms. The predicted molar refractivity (Wildman–Crippen MR) is 87.5 cm³/mol. The van der Waals surface area contributed by atoms with Gasteiger partial charge in [0.2, 0.25) is 0 Å². The van der Waals surface area contributed by atoms with Gasteiger partial charge in [0, 0.05) is 0 Å². The fourth-order valence-electron chi connectivity index (χ4n) is 3.21. The van der Waals surface area contributed by atoms with Crippen molar-refractivity contribution in [1.29, 1.82) is 0 Å². The highest BCUT2D eigenvalue weighted by Gasteiger charge is 2.34. The van der Waals surface area contributed by atoms with Crippen LogP contribution in [-0.4, -0.2) is 35.6 Å². The van der Waals surface area contributed by atoms with Crippen molar-refractivity contribution in [3.05, 3.63) is 0 Å². The second kappa shape index (κ2) is 6.97. The van der Waals surface area contributed by atoms with Gasteiger partial charge in [-0.1, -0.05) is 20.3 Å². The fraction of sp³-hybridized carbons (Fsp3) is 1.00. The molecule has 2 atom stereocenters. The zero-order chi connectivity index (χ0) is 16.3. The lowest BCUT2D eigenvalue weighted by Gasteiger charge is -2.41. The highest BCUT2D eigenvalue weighted by Crippen LogP contribution is 2.41. The summed E-state index contributed by atoms with van der Waals surface area (Å²) in [5, 5.41) is 9.27. The van der Waals surface area contributed by atoms with Crippen LogP contribution in [0.15, 0.2) is 0 Å². The Hall–Kier alpha value is -0.120. The molecule has 0 aromatic carbocycles. The van der Waals surface area contributed by atoms with E-state index in [0.717, 1.165) is 0 Å². The van der Waals surface area contributed by atoms with Crippen molar-refractivity contribution < 1.29 is 14.6 Å². The first-order valence-corrected chi connectivity index (χ1v) is 8.39. The van der Waals surface area contributed by atoms with Gasteiger partial charge in [0.15, 0.2) is 0 Å². The molecule has 1 saturated carbocycles. The number of aliphatic hydroxyl groups is 1. The predicted octanol–water partition coefficient (Wildman–Crippen LogP) is 4.17. The molecule has 1 aliphatic carbocycles. The first-order valence-electron chi connectivity index (χ1n) is 8.39. The summed E-state index contributed by atoms with van der Waals surface area (Å²) in [7, 11) is 0.